The van der Waals surface area contributed by atoms with Gasteiger partial charge in [0.1, 0.15) is 0 Å². The molecule has 8 aromatic rings. The van der Waals surface area contributed by atoms with Crippen molar-refractivity contribution in [1.29, 1.82) is 0 Å². The molecule has 2 nitrogen and oxygen atoms in total. The van der Waals surface area contributed by atoms with Crippen LogP contribution in [0.25, 0.3) is 67.5 Å². The summed E-state index contributed by atoms with van der Waals surface area (Å²) in [5.41, 5.74) is 14.5. The topological polar surface area (TPSA) is 26.3 Å². The minimum absolute atomic E-state index is 0. The summed E-state index contributed by atoms with van der Waals surface area (Å²) in [6.07, 6.45) is 4.98. The first-order valence-electron chi connectivity index (χ1n) is 18.1. The van der Waals surface area contributed by atoms with Gasteiger partial charge >= 0.3 is 314 Å². The summed E-state index contributed by atoms with van der Waals surface area (Å²) in [5, 5.41) is 2.31. The van der Waals surface area contributed by atoms with Gasteiger partial charge in [-0.3, -0.25) is 0 Å². The molecule has 0 saturated heterocycles. The first kappa shape index (κ1) is 36.5. The fourth-order valence-electron chi connectivity index (χ4n) is 8.63. The SMILES string of the molecule is C[Si](C)=[Zr+2]([CH]1C(c2cc3ccccc3o2)=Cc2c(-c3ccccc3)cccc21)[CH]1C(c2cc3ccccc3o2)=Cc2c(-c3ccccc3)cccc21.[Cl-].[Cl-]. The van der Waals surface area contributed by atoms with E-state index in [1.807, 2.05) is 0 Å². The van der Waals surface area contributed by atoms with Crippen LogP contribution in [-0.4, -0.2) is 5.43 Å². The number of hydrogen-bond donors (Lipinski definition) is 0. The molecule has 0 radical (unpaired) electrons. The van der Waals surface area contributed by atoms with E-state index in [2.05, 4.69) is 183 Å². The van der Waals surface area contributed by atoms with Gasteiger partial charge in [-0.1, -0.05) is 0 Å². The van der Waals surface area contributed by atoms with Gasteiger partial charge in [0.25, 0.3) is 0 Å². The van der Waals surface area contributed by atoms with Crippen LogP contribution in [0.3, 0.4) is 0 Å². The van der Waals surface area contributed by atoms with Crippen molar-refractivity contribution in [2.24, 2.45) is 0 Å². The van der Waals surface area contributed by atoms with Crippen LogP contribution in [0.4, 0.5) is 0 Å². The summed E-state index contributed by atoms with van der Waals surface area (Å²) in [4.78, 5) is 0. The first-order valence-corrected chi connectivity index (χ1v) is 27.1. The van der Waals surface area contributed by atoms with E-state index in [1.165, 1.54) is 55.7 Å². The number of halogens is 2. The number of fused-ring (bicyclic) bond motifs is 4. The third-order valence-corrected chi connectivity index (χ3v) is 30.1. The Bertz CT molecular complexity index is 2520. The van der Waals surface area contributed by atoms with E-state index < -0.39 is 25.8 Å². The monoisotopic (exact) mass is 832 g/mol. The largest absolute Gasteiger partial charge is 1.00 e. The van der Waals surface area contributed by atoms with E-state index in [0.717, 1.165) is 33.5 Å². The van der Waals surface area contributed by atoms with Crippen molar-refractivity contribution in [1.82, 2.24) is 0 Å². The zero-order valence-corrected chi connectivity index (χ0v) is 34.9. The maximum Gasteiger partial charge on any atom is -1.00 e. The molecular weight excluding hydrogens is 799 g/mol. The molecule has 0 spiro atoms. The maximum atomic E-state index is 6.79. The molecule has 0 amide bonds. The van der Waals surface area contributed by atoms with E-state index >= 15 is 0 Å². The number of hydrogen-bond acceptors (Lipinski definition) is 2. The summed E-state index contributed by atoms with van der Waals surface area (Å²) in [6.45, 7) is 5.17. The second kappa shape index (κ2) is 15.0. The molecule has 0 N–H and O–H groups in total. The van der Waals surface area contributed by atoms with Crippen LogP contribution in [0.5, 0.6) is 0 Å². The van der Waals surface area contributed by atoms with E-state index in [-0.39, 0.29) is 24.8 Å². The molecule has 54 heavy (non-hydrogen) atoms. The van der Waals surface area contributed by atoms with Crippen molar-refractivity contribution in [2.75, 3.05) is 0 Å². The Morgan fingerprint density at radius 1 is 0.463 bits per heavy atom. The van der Waals surface area contributed by atoms with Gasteiger partial charge in [0.05, 0.1) is 0 Å². The molecule has 2 heterocycles. The molecule has 0 saturated carbocycles. The molecule has 6 aromatic carbocycles. The Kier molecular flexibility index (Phi) is 10.2. The second-order valence-electron chi connectivity index (χ2n) is 14.2. The fourth-order valence-corrected chi connectivity index (χ4v) is 28.4. The quantitative estimate of drug-likeness (QED) is 0.165. The minimum Gasteiger partial charge on any atom is -1.00 e. The van der Waals surface area contributed by atoms with Crippen LogP contribution >= 0.6 is 0 Å². The molecule has 262 valence electrons. The van der Waals surface area contributed by atoms with Crippen LogP contribution in [0.15, 0.2) is 167 Å². The van der Waals surface area contributed by atoms with Crippen LogP contribution in [0, 0.1) is 0 Å². The molecule has 2 aliphatic rings. The molecule has 2 unspecified atom stereocenters. The summed E-state index contributed by atoms with van der Waals surface area (Å²) < 4.78 is 14.2. The summed E-state index contributed by atoms with van der Waals surface area (Å²) in [5.74, 6) is 2.02. The second-order valence-corrected chi connectivity index (χ2v) is 32.0. The van der Waals surface area contributed by atoms with Crippen molar-refractivity contribution in [2.45, 2.75) is 20.3 Å². The normalized spacial score (nSPS) is 15.4. The molecule has 0 bridgehead atoms. The zero-order chi connectivity index (χ0) is 34.8. The average molecular weight is 835 g/mol. The van der Waals surface area contributed by atoms with Gasteiger partial charge in [-0.25, -0.2) is 0 Å². The molecule has 2 aromatic heterocycles. The molecule has 6 heteroatoms. The van der Waals surface area contributed by atoms with Crippen molar-refractivity contribution < 1.29 is 54.0 Å². The van der Waals surface area contributed by atoms with Crippen LogP contribution in [0.1, 0.15) is 41.0 Å². The number of allylic oxidation sites excluding steroid dienone is 2. The molecule has 10 rings (SSSR count). The van der Waals surface area contributed by atoms with Crippen LogP contribution in [-0.2, 0) is 20.4 Å². The Labute approximate surface area is 336 Å². The van der Waals surface area contributed by atoms with Gasteiger partial charge in [-0.05, 0) is 0 Å². The smallest absolute Gasteiger partial charge is 1.00 e. The Balaban J connectivity index is 0.00000207. The molecule has 2 atom stereocenters. The molecule has 2 aliphatic carbocycles. The van der Waals surface area contributed by atoms with Gasteiger partial charge in [0.2, 0.25) is 0 Å². The van der Waals surface area contributed by atoms with Gasteiger partial charge in [0.15, 0.2) is 0 Å². The van der Waals surface area contributed by atoms with Gasteiger partial charge in [0, 0.05) is 0 Å². The van der Waals surface area contributed by atoms with Gasteiger partial charge in [-0.2, -0.15) is 0 Å². The number of benzene rings is 6. The first-order chi connectivity index (χ1) is 25.6. The Morgan fingerprint density at radius 3 is 1.28 bits per heavy atom. The predicted octanol–water partition coefficient (Wildman–Crippen LogP) is 7.28. The van der Waals surface area contributed by atoms with E-state index in [0.29, 0.717) is 7.25 Å². The Hall–Kier alpha value is -4.44. The van der Waals surface area contributed by atoms with E-state index in [1.54, 1.807) is 0 Å². The molecular formula is C48H36Cl2O2SiZr. The third-order valence-electron chi connectivity index (χ3n) is 10.9. The third kappa shape index (κ3) is 6.14. The number of para-hydroxylation sites is 2. The van der Waals surface area contributed by atoms with Crippen molar-refractivity contribution in [3.8, 4) is 22.3 Å². The standard InChI is InChI=1S/2C23H15O.C2H6Si.2ClH.Zr/c2*1-2-7-16(8-3-1)20-11-6-10-17-13-19(14-21(17)20)23-15-18-9-4-5-12-22(18)24-23;1-3-2;;;/h2*1-15H;1-2H3;2*1H;/q;;;;;+2/p-2. The van der Waals surface area contributed by atoms with E-state index in [4.69, 9.17) is 8.83 Å². The van der Waals surface area contributed by atoms with Crippen molar-refractivity contribution in [3.63, 3.8) is 0 Å². The summed E-state index contributed by atoms with van der Waals surface area (Å²) in [6, 6.07) is 57.3. The zero-order valence-electron chi connectivity index (χ0n) is 29.9. The Morgan fingerprint density at radius 2 is 0.870 bits per heavy atom. The number of furan rings is 2. The molecule has 0 fully saturated rings. The van der Waals surface area contributed by atoms with E-state index in [9.17, 15) is 0 Å². The number of rotatable bonds is 6. The minimum atomic E-state index is -2.69. The fraction of sp³-hybridized carbons (Fsp3) is 0.0833. The van der Waals surface area contributed by atoms with Crippen molar-refractivity contribution >= 4 is 50.7 Å². The summed E-state index contributed by atoms with van der Waals surface area (Å²) in [7, 11) is 0. The van der Waals surface area contributed by atoms with Gasteiger partial charge < -0.3 is 24.8 Å². The maximum absolute atomic E-state index is 6.79. The average Bonchev–Trinajstić information content (AvgIpc) is 3.98. The predicted molar refractivity (Wildman–Crippen MR) is 215 cm³/mol. The van der Waals surface area contributed by atoms with Crippen LogP contribution in [0.2, 0.25) is 13.1 Å². The van der Waals surface area contributed by atoms with Gasteiger partial charge in [-0.15, -0.1) is 0 Å². The van der Waals surface area contributed by atoms with Crippen molar-refractivity contribution in [3.05, 3.63) is 191 Å². The summed E-state index contributed by atoms with van der Waals surface area (Å²) >= 11 is -2.69. The van der Waals surface area contributed by atoms with Crippen LogP contribution < -0.4 is 24.8 Å². The molecule has 0 aliphatic heterocycles.